The van der Waals surface area contributed by atoms with Crippen molar-refractivity contribution in [1.82, 2.24) is 24.5 Å². The van der Waals surface area contributed by atoms with Crippen LogP contribution in [0.5, 0.6) is 0 Å². The maximum absolute atomic E-state index is 12.4. The molecular weight excluding hydrogens is 597 g/mol. The number of anilines is 1. The molecule has 2 aliphatic carbocycles. The van der Waals surface area contributed by atoms with Crippen molar-refractivity contribution in [3.63, 3.8) is 0 Å². The Balaban J connectivity index is 0.000000147. The zero-order valence-corrected chi connectivity index (χ0v) is 25.9. The summed E-state index contributed by atoms with van der Waals surface area (Å²) in [5, 5.41) is 7.33. The molecule has 10 heteroatoms. The summed E-state index contributed by atoms with van der Waals surface area (Å²) >= 11 is 1.40. The summed E-state index contributed by atoms with van der Waals surface area (Å²) in [6.45, 7) is 4.01. The van der Waals surface area contributed by atoms with Gasteiger partial charge in [-0.25, -0.2) is 19.9 Å². The number of nitrogens with one attached hydrogen (secondary N) is 1. The molecule has 0 saturated heterocycles. The number of carbonyl (C=O) groups excluding carboxylic acids is 3. The van der Waals surface area contributed by atoms with Gasteiger partial charge in [0.1, 0.15) is 24.2 Å². The van der Waals surface area contributed by atoms with Crippen LogP contribution < -0.4 is 15.8 Å². The lowest BCUT2D eigenvalue weighted by molar-refractivity contribution is -0.122. The van der Waals surface area contributed by atoms with Gasteiger partial charge in [0.25, 0.3) is 0 Å². The summed E-state index contributed by atoms with van der Waals surface area (Å²) in [5.74, 6) is -0.0974. The van der Waals surface area contributed by atoms with Crippen LogP contribution >= 0.6 is 11.3 Å². The number of aromatic nitrogens is 5. The highest BCUT2D eigenvalue weighted by molar-refractivity contribution is 7.14. The summed E-state index contributed by atoms with van der Waals surface area (Å²) in [4.78, 5) is 53.5. The summed E-state index contributed by atoms with van der Waals surface area (Å²) < 4.78 is 1.70. The van der Waals surface area contributed by atoms with E-state index in [4.69, 9.17) is 0 Å². The summed E-state index contributed by atoms with van der Waals surface area (Å²) in [7, 11) is 0. The van der Waals surface area contributed by atoms with Gasteiger partial charge >= 0.3 is 0 Å². The van der Waals surface area contributed by atoms with Crippen LogP contribution in [-0.2, 0) is 16.1 Å². The van der Waals surface area contributed by atoms with E-state index in [9.17, 15) is 14.4 Å². The van der Waals surface area contributed by atoms with Crippen LogP contribution in [0.15, 0.2) is 91.0 Å². The number of benzene rings is 3. The Morgan fingerprint density at radius 1 is 0.913 bits per heavy atom. The molecule has 2 atom stereocenters. The monoisotopic (exact) mass is 624 g/mol. The molecule has 0 aliphatic heterocycles. The Morgan fingerprint density at radius 3 is 2.52 bits per heavy atom. The molecule has 2 unspecified atom stereocenters. The third-order valence-corrected chi connectivity index (χ3v) is 9.03. The lowest BCUT2D eigenvalue weighted by atomic mass is 9.79. The van der Waals surface area contributed by atoms with E-state index >= 15 is 0 Å². The van der Waals surface area contributed by atoms with E-state index in [0.29, 0.717) is 10.8 Å². The van der Waals surface area contributed by atoms with Crippen molar-refractivity contribution in [2.45, 2.75) is 26.3 Å². The van der Waals surface area contributed by atoms with Gasteiger partial charge in [0, 0.05) is 28.3 Å². The number of ketones is 2. The Labute approximate surface area is 268 Å². The average Bonchev–Trinajstić information content (AvgIpc) is 3.72. The number of Topliss-reactive ketones (excluding diaryl/α,β-unsaturated/α-hetero) is 2. The molecule has 3 aromatic carbocycles. The predicted molar refractivity (Wildman–Crippen MR) is 178 cm³/mol. The van der Waals surface area contributed by atoms with Crippen LogP contribution in [0.25, 0.3) is 45.7 Å². The first-order valence-electron chi connectivity index (χ1n) is 14.8. The van der Waals surface area contributed by atoms with Crippen molar-refractivity contribution >= 4 is 57.3 Å². The molecule has 0 radical (unpaired) electrons. The number of amides is 1. The fourth-order valence-electron chi connectivity index (χ4n) is 5.95. The van der Waals surface area contributed by atoms with E-state index in [0.717, 1.165) is 49.5 Å². The number of hydrogen-bond acceptors (Lipinski definition) is 8. The van der Waals surface area contributed by atoms with Gasteiger partial charge in [-0.15, -0.1) is 11.3 Å². The van der Waals surface area contributed by atoms with E-state index in [1.54, 1.807) is 23.2 Å². The standard InChI is InChI=1S/C20H16O2.C16H12N6OS/c1-11-9-17-13(12(2)20(11)22)7-8-15-14-5-3-4-6-16(14)19(21)10-18(15)17;23-14(7-22-10-19-15-13(22)6-17-9-18-15)21-16-20-12(8-24-16)11-4-2-1-3-5-11/h3-12H,1-2H3;1-6,8-10H,7H2,(H,20,21,23). The highest BCUT2D eigenvalue weighted by Gasteiger charge is 2.27. The Bertz CT molecular complexity index is 2270. The molecule has 0 saturated carbocycles. The second-order valence-electron chi connectivity index (χ2n) is 11.2. The van der Waals surface area contributed by atoms with Gasteiger partial charge in [-0.2, -0.15) is 0 Å². The minimum absolute atomic E-state index is 0.0436. The molecule has 1 N–H and O–H groups in total. The molecule has 2 aliphatic rings. The number of hydrogen-bond donors (Lipinski definition) is 1. The summed E-state index contributed by atoms with van der Waals surface area (Å²) in [6, 6.07) is 21.6. The van der Waals surface area contributed by atoms with Crippen LogP contribution in [0.4, 0.5) is 5.13 Å². The topological polar surface area (TPSA) is 120 Å². The number of rotatable bonds is 4. The van der Waals surface area contributed by atoms with Crippen LogP contribution in [0.2, 0.25) is 0 Å². The molecule has 3 heterocycles. The van der Waals surface area contributed by atoms with Crippen molar-refractivity contribution in [3.05, 3.63) is 113 Å². The number of imidazole rings is 1. The van der Waals surface area contributed by atoms with Crippen molar-refractivity contribution < 1.29 is 14.4 Å². The van der Waals surface area contributed by atoms with Gasteiger partial charge in [-0.3, -0.25) is 14.4 Å². The molecule has 0 fully saturated rings. The first-order chi connectivity index (χ1) is 22.4. The SMILES string of the molecule is CC1C=c2c(ccc3c2=CC(=O)c2ccccc2-3)C(C)C1=O.O=C(Cn1cnc2ncncc21)Nc1nc(-c2ccccc2)cs1. The zero-order valence-electron chi connectivity index (χ0n) is 25.0. The van der Waals surface area contributed by atoms with Crippen molar-refractivity contribution in [1.29, 1.82) is 0 Å². The lowest BCUT2D eigenvalue weighted by Crippen LogP contribution is -2.40. The summed E-state index contributed by atoms with van der Waals surface area (Å²) in [5.41, 5.74) is 7.00. The number of nitrogens with zero attached hydrogens (tertiary/aromatic N) is 5. The van der Waals surface area contributed by atoms with E-state index in [2.05, 4.69) is 25.3 Å². The molecule has 46 heavy (non-hydrogen) atoms. The van der Waals surface area contributed by atoms with Crippen LogP contribution in [-0.4, -0.2) is 42.0 Å². The Kier molecular flexibility index (Phi) is 7.63. The molecule has 0 spiro atoms. The Hall–Kier alpha value is -5.61. The molecular formula is C36H28N6O3S. The minimum atomic E-state index is -0.174. The first kappa shape index (κ1) is 29.1. The molecule has 1 amide bonds. The highest BCUT2D eigenvalue weighted by atomic mass is 32.1. The highest BCUT2D eigenvalue weighted by Crippen LogP contribution is 2.28. The molecule has 3 aromatic heterocycles. The van der Waals surface area contributed by atoms with Crippen LogP contribution in [0.1, 0.15) is 35.7 Å². The second kappa shape index (κ2) is 12.1. The summed E-state index contributed by atoms with van der Waals surface area (Å²) in [6.07, 6.45) is 8.38. The maximum atomic E-state index is 12.4. The number of carbonyl (C=O) groups is 3. The zero-order chi connectivity index (χ0) is 31.8. The third kappa shape index (κ3) is 5.43. The quantitative estimate of drug-likeness (QED) is 0.293. The molecule has 226 valence electrons. The lowest BCUT2D eigenvalue weighted by Gasteiger charge is -2.23. The van der Waals surface area contributed by atoms with Gasteiger partial charge in [-0.05, 0) is 33.2 Å². The van der Waals surface area contributed by atoms with Gasteiger partial charge < -0.3 is 9.88 Å². The van der Waals surface area contributed by atoms with E-state index < -0.39 is 0 Å². The van der Waals surface area contributed by atoms with Crippen molar-refractivity contribution in [2.75, 3.05) is 5.32 Å². The Morgan fingerprint density at radius 2 is 1.70 bits per heavy atom. The fourth-order valence-corrected chi connectivity index (χ4v) is 6.68. The van der Waals surface area contributed by atoms with Crippen LogP contribution in [0.3, 0.4) is 0 Å². The van der Waals surface area contributed by atoms with Crippen LogP contribution in [0, 0.1) is 5.92 Å². The first-order valence-corrected chi connectivity index (χ1v) is 15.7. The molecule has 0 bridgehead atoms. The normalized spacial score (nSPS) is 16.2. The van der Waals surface area contributed by atoms with Gasteiger partial charge in [-0.1, -0.05) is 86.7 Å². The van der Waals surface area contributed by atoms with Gasteiger partial charge in [0.05, 0.1) is 18.2 Å². The van der Waals surface area contributed by atoms with Gasteiger partial charge in [0.2, 0.25) is 5.91 Å². The third-order valence-electron chi connectivity index (χ3n) is 8.27. The number of fused-ring (bicyclic) bond motifs is 6. The van der Waals surface area contributed by atoms with Crippen molar-refractivity contribution in [2.24, 2.45) is 5.92 Å². The molecule has 6 aromatic rings. The van der Waals surface area contributed by atoms with E-state index in [1.165, 1.54) is 17.7 Å². The maximum Gasteiger partial charge on any atom is 0.246 e. The largest absolute Gasteiger partial charge is 0.318 e. The number of thiazole rings is 1. The smallest absolute Gasteiger partial charge is 0.246 e. The molecule has 8 rings (SSSR count). The van der Waals surface area contributed by atoms with E-state index in [1.807, 2.05) is 92.0 Å². The average molecular weight is 625 g/mol. The fraction of sp³-hybridized carbons (Fsp3) is 0.139. The van der Waals surface area contributed by atoms with E-state index in [-0.39, 0.29) is 35.9 Å². The molecule has 9 nitrogen and oxygen atoms in total. The van der Waals surface area contributed by atoms with Gasteiger partial charge in [0.15, 0.2) is 16.6 Å². The second-order valence-corrected chi connectivity index (χ2v) is 12.1. The van der Waals surface area contributed by atoms with Crippen molar-refractivity contribution in [3.8, 4) is 22.4 Å². The predicted octanol–water partition coefficient (Wildman–Crippen LogP) is 5.02. The minimum Gasteiger partial charge on any atom is -0.318 e.